The molecule has 0 saturated heterocycles. The summed E-state index contributed by atoms with van der Waals surface area (Å²) in [6.45, 7) is 7.38. The summed E-state index contributed by atoms with van der Waals surface area (Å²) in [5.74, 6) is -0.382. The van der Waals surface area contributed by atoms with Crippen LogP contribution in [-0.2, 0) is 9.53 Å². The van der Waals surface area contributed by atoms with Crippen LogP contribution >= 0.6 is 0 Å². The van der Waals surface area contributed by atoms with Crippen LogP contribution in [-0.4, -0.2) is 42.5 Å². The van der Waals surface area contributed by atoms with Crippen LogP contribution in [0.15, 0.2) is 24.3 Å². The molecule has 0 aliphatic heterocycles. The number of carbonyl (C=O) groups excluding carboxylic acids is 2. The first-order chi connectivity index (χ1) is 11.8. The van der Waals surface area contributed by atoms with Crippen molar-refractivity contribution < 1.29 is 19.2 Å². The molecule has 0 aliphatic carbocycles. The van der Waals surface area contributed by atoms with Crippen molar-refractivity contribution in [3.63, 3.8) is 0 Å². The Labute approximate surface area is 147 Å². The average Bonchev–Trinajstić information content (AvgIpc) is 2.57. The number of nitro groups is 1. The topological polar surface area (TPSA) is 111 Å². The number of carbonyl (C=O) groups is 2. The Kier molecular flexibility index (Phi) is 8.55. The van der Waals surface area contributed by atoms with Crippen molar-refractivity contribution in [2.75, 3.05) is 19.8 Å². The summed E-state index contributed by atoms with van der Waals surface area (Å²) in [4.78, 5) is 34.2. The van der Waals surface area contributed by atoms with Gasteiger partial charge in [-0.25, -0.2) is 0 Å². The van der Waals surface area contributed by atoms with E-state index in [-0.39, 0.29) is 17.2 Å². The van der Waals surface area contributed by atoms with Crippen molar-refractivity contribution >= 4 is 17.5 Å². The quantitative estimate of drug-likeness (QED) is 0.380. The number of nitro benzene ring substituents is 1. The minimum Gasteiger partial charge on any atom is -0.381 e. The Morgan fingerprint density at radius 3 is 2.64 bits per heavy atom. The number of nitrogens with zero attached hydrogens (tertiary/aromatic N) is 1. The predicted molar refractivity (Wildman–Crippen MR) is 93.3 cm³/mol. The molecule has 1 unspecified atom stereocenters. The summed E-state index contributed by atoms with van der Waals surface area (Å²) in [5, 5.41) is 16.0. The van der Waals surface area contributed by atoms with Gasteiger partial charge in [-0.1, -0.05) is 19.9 Å². The van der Waals surface area contributed by atoms with Crippen molar-refractivity contribution in [1.29, 1.82) is 0 Å². The molecule has 25 heavy (non-hydrogen) atoms. The third-order valence-corrected chi connectivity index (χ3v) is 3.28. The molecule has 0 fully saturated rings. The van der Waals surface area contributed by atoms with Crippen LogP contribution in [0.5, 0.6) is 0 Å². The minimum absolute atomic E-state index is 0.135. The standard InChI is InChI=1S/C17H25N3O5/c1-12(2)11-25-9-5-8-18-16(21)13(3)19-17(22)14-6-4-7-15(10-14)20(23)24/h4,6-7,10,12-13H,5,8-9,11H2,1-3H3,(H,18,21)(H,19,22). The lowest BCUT2D eigenvalue weighted by Gasteiger charge is -2.14. The fourth-order valence-corrected chi connectivity index (χ4v) is 1.96. The third-order valence-electron chi connectivity index (χ3n) is 3.28. The fraction of sp³-hybridized carbons (Fsp3) is 0.529. The number of benzene rings is 1. The Morgan fingerprint density at radius 2 is 2.00 bits per heavy atom. The van der Waals surface area contributed by atoms with Gasteiger partial charge in [-0.15, -0.1) is 0 Å². The second-order valence-corrected chi connectivity index (χ2v) is 6.12. The van der Waals surface area contributed by atoms with E-state index >= 15 is 0 Å². The van der Waals surface area contributed by atoms with Gasteiger partial charge in [-0.3, -0.25) is 19.7 Å². The van der Waals surface area contributed by atoms with Gasteiger partial charge in [-0.2, -0.15) is 0 Å². The number of nitrogens with one attached hydrogen (secondary N) is 2. The highest BCUT2D eigenvalue weighted by molar-refractivity contribution is 5.97. The first-order valence-corrected chi connectivity index (χ1v) is 8.22. The van der Waals surface area contributed by atoms with E-state index in [0.717, 1.165) is 0 Å². The van der Waals surface area contributed by atoms with E-state index in [1.807, 2.05) is 0 Å². The van der Waals surface area contributed by atoms with Crippen LogP contribution in [0.25, 0.3) is 0 Å². The van der Waals surface area contributed by atoms with E-state index in [1.165, 1.54) is 24.3 Å². The highest BCUT2D eigenvalue weighted by atomic mass is 16.6. The van der Waals surface area contributed by atoms with Crippen molar-refractivity contribution in [1.82, 2.24) is 10.6 Å². The van der Waals surface area contributed by atoms with Gasteiger partial charge in [0, 0.05) is 37.5 Å². The maximum atomic E-state index is 12.1. The van der Waals surface area contributed by atoms with Crippen molar-refractivity contribution in [3.05, 3.63) is 39.9 Å². The third kappa shape index (κ3) is 7.75. The Hall–Kier alpha value is -2.48. The van der Waals surface area contributed by atoms with Crippen LogP contribution in [0, 0.1) is 16.0 Å². The maximum absolute atomic E-state index is 12.1. The highest BCUT2D eigenvalue weighted by Gasteiger charge is 2.17. The molecule has 1 atom stereocenters. The second kappa shape index (κ2) is 10.4. The summed E-state index contributed by atoms with van der Waals surface area (Å²) in [5.41, 5.74) is -0.0397. The molecule has 0 aliphatic rings. The molecule has 1 aromatic carbocycles. The van der Waals surface area contributed by atoms with Gasteiger partial charge in [-0.05, 0) is 25.3 Å². The maximum Gasteiger partial charge on any atom is 0.270 e. The van der Waals surface area contributed by atoms with E-state index < -0.39 is 16.9 Å². The molecule has 0 aromatic heterocycles. The lowest BCUT2D eigenvalue weighted by atomic mass is 10.1. The van der Waals surface area contributed by atoms with E-state index in [0.29, 0.717) is 32.1 Å². The molecule has 0 bridgehead atoms. The molecule has 1 aromatic rings. The molecule has 138 valence electrons. The van der Waals surface area contributed by atoms with Gasteiger partial charge in [0.25, 0.3) is 11.6 Å². The summed E-state index contributed by atoms with van der Waals surface area (Å²) >= 11 is 0. The average molecular weight is 351 g/mol. The lowest BCUT2D eigenvalue weighted by molar-refractivity contribution is -0.384. The van der Waals surface area contributed by atoms with Gasteiger partial charge in [0.1, 0.15) is 6.04 Å². The molecular formula is C17H25N3O5. The SMILES string of the molecule is CC(C)COCCCNC(=O)C(C)NC(=O)c1cccc([N+](=O)[O-])c1. The van der Waals surface area contributed by atoms with Crippen molar-refractivity contribution in [2.24, 2.45) is 5.92 Å². The zero-order valence-electron chi connectivity index (χ0n) is 14.8. The largest absolute Gasteiger partial charge is 0.381 e. The van der Waals surface area contributed by atoms with Crippen LogP contribution in [0.3, 0.4) is 0 Å². The molecular weight excluding hydrogens is 326 g/mol. The van der Waals surface area contributed by atoms with Crippen LogP contribution in [0.2, 0.25) is 0 Å². The molecule has 1 rings (SSSR count). The molecule has 2 N–H and O–H groups in total. The van der Waals surface area contributed by atoms with Crippen LogP contribution in [0.1, 0.15) is 37.6 Å². The molecule has 0 heterocycles. The minimum atomic E-state index is -0.747. The van der Waals surface area contributed by atoms with Gasteiger partial charge >= 0.3 is 0 Å². The summed E-state index contributed by atoms with van der Waals surface area (Å²) in [7, 11) is 0. The molecule has 2 amide bonds. The van der Waals surface area contributed by atoms with E-state index in [4.69, 9.17) is 4.74 Å². The Balaban J connectivity index is 2.38. The number of hydrogen-bond acceptors (Lipinski definition) is 5. The van der Waals surface area contributed by atoms with Crippen LogP contribution in [0.4, 0.5) is 5.69 Å². The number of rotatable bonds is 10. The Bertz CT molecular complexity index is 604. The first kappa shape index (κ1) is 20.6. The predicted octanol–water partition coefficient (Wildman–Crippen LogP) is 1.89. The molecule has 8 heteroatoms. The van der Waals surface area contributed by atoms with Crippen molar-refractivity contribution in [3.8, 4) is 0 Å². The van der Waals surface area contributed by atoms with E-state index in [9.17, 15) is 19.7 Å². The number of ether oxygens (including phenoxy) is 1. The van der Waals surface area contributed by atoms with E-state index in [2.05, 4.69) is 24.5 Å². The molecule has 8 nitrogen and oxygen atoms in total. The monoisotopic (exact) mass is 351 g/mol. The number of hydrogen-bond donors (Lipinski definition) is 2. The first-order valence-electron chi connectivity index (χ1n) is 8.22. The number of amides is 2. The second-order valence-electron chi connectivity index (χ2n) is 6.12. The lowest BCUT2D eigenvalue weighted by Crippen LogP contribution is -2.45. The highest BCUT2D eigenvalue weighted by Crippen LogP contribution is 2.13. The van der Waals surface area contributed by atoms with E-state index in [1.54, 1.807) is 6.92 Å². The van der Waals surface area contributed by atoms with Gasteiger partial charge in [0.2, 0.25) is 5.91 Å². The van der Waals surface area contributed by atoms with Crippen molar-refractivity contribution in [2.45, 2.75) is 33.2 Å². The zero-order valence-corrected chi connectivity index (χ0v) is 14.8. The Morgan fingerprint density at radius 1 is 1.28 bits per heavy atom. The summed E-state index contributed by atoms with van der Waals surface area (Å²) in [6, 6.07) is 4.61. The normalized spacial score (nSPS) is 11.8. The zero-order chi connectivity index (χ0) is 18.8. The molecule has 0 spiro atoms. The summed E-state index contributed by atoms with van der Waals surface area (Å²) < 4.78 is 5.41. The number of non-ortho nitro benzene ring substituents is 1. The van der Waals surface area contributed by atoms with Gasteiger partial charge < -0.3 is 15.4 Å². The van der Waals surface area contributed by atoms with Crippen LogP contribution < -0.4 is 10.6 Å². The van der Waals surface area contributed by atoms with Gasteiger partial charge in [0.05, 0.1) is 4.92 Å². The molecule has 0 radical (unpaired) electrons. The fourth-order valence-electron chi connectivity index (χ4n) is 1.96. The summed E-state index contributed by atoms with van der Waals surface area (Å²) in [6.07, 6.45) is 0.685. The smallest absolute Gasteiger partial charge is 0.270 e. The van der Waals surface area contributed by atoms with Gasteiger partial charge in [0.15, 0.2) is 0 Å². The molecule has 0 saturated carbocycles.